The molecule has 0 spiro atoms. The van der Waals surface area contributed by atoms with E-state index in [1.165, 1.54) is 0 Å². The molecule has 2 N–H and O–H groups in total. The summed E-state index contributed by atoms with van der Waals surface area (Å²) < 4.78 is 1.57. The molecule has 22 heavy (non-hydrogen) atoms. The zero-order valence-electron chi connectivity index (χ0n) is 12.6. The second-order valence-corrected chi connectivity index (χ2v) is 6.05. The van der Waals surface area contributed by atoms with Gasteiger partial charge in [0.1, 0.15) is 17.4 Å². The SMILES string of the molecule is Cc1nc2ccc(Cl)cn2c1C(=O)NC(CC(C)C)C(=O)O. The van der Waals surface area contributed by atoms with Gasteiger partial charge in [0.2, 0.25) is 0 Å². The number of carbonyl (C=O) groups is 2. The van der Waals surface area contributed by atoms with Crippen molar-refractivity contribution in [2.24, 2.45) is 5.92 Å². The van der Waals surface area contributed by atoms with Gasteiger partial charge in [-0.05, 0) is 31.4 Å². The van der Waals surface area contributed by atoms with E-state index in [-0.39, 0.29) is 5.92 Å². The minimum Gasteiger partial charge on any atom is -0.480 e. The van der Waals surface area contributed by atoms with Crippen LogP contribution in [-0.2, 0) is 4.79 Å². The molecule has 2 aromatic heterocycles. The Morgan fingerprint density at radius 3 is 2.68 bits per heavy atom. The third kappa shape index (κ3) is 3.39. The predicted molar refractivity (Wildman–Crippen MR) is 83.3 cm³/mol. The molecule has 2 rings (SSSR count). The van der Waals surface area contributed by atoms with Crippen molar-refractivity contribution >= 4 is 29.1 Å². The highest BCUT2D eigenvalue weighted by molar-refractivity contribution is 6.30. The normalized spacial score (nSPS) is 12.6. The number of rotatable bonds is 5. The number of aromatic nitrogens is 2. The lowest BCUT2D eigenvalue weighted by molar-refractivity contribution is -0.139. The van der Waals surface area contributed by atoms with Gasteiger partial charge in [0, 0.05) is 6.20 Å². The Hall–Kier alpha value is -2.08. The summed E-state index contributed by atoms with van der Waals surface area (Å²) >= 11 is 5.96. The molecule has 0 radical (unpaired) electrons. The van der Waals surface area contributed by atoms with Gasteiger partial charge in [-0.1, -0.05) is 25.4 Å². The second-order valence-electron chi connectivity index (χ2n) is 5.62. The van der Waals surface area contributed by atoms with E-state index >= 15 is 0 Å². The highest BCUT2D eigenvalue weighted by Crippen LogP contribution is 2.17. The number of carboxylic acid groups (broad SMARTS) is 1. The molecule has 0 fully saturated rings. The molecule has 1 unspecified atom stereocenters. The Balaban J connectivity index is 2.34. The number of hydrogen-bond acceptors (Lipinski definition) is 3. The summed E-state index contributed by atoms with van der Waals surface area (Å²) in [6.45, 7) is 5.51. The molecule has 1 amide bonds. The Labute approximate surface area is 133 Å². The van der Waals surface area contributed by atoms with Crippen LogP contribution < -0.4 is 5.32 Å². The van der Waals surface area contributed by atoms with Gasteiger partial charge >= 0.3 is 5.97 Å². The topological polar surface area (TPSA) is 83.7 Å². The van der Waals surface area contributed by atoms with E-state index in [4.69, 9.17) is 11.6 Å². The van der Waals surface area contributed by atoms with Crippen molar-refractivity contribution in [3.05, 3.63) is 34.7 Å². The number of nitrogens with one attached hydrogen (secondary N) is 1. The number of amides is 1. The lowest BCUT2D eigenvalue weighted by Gasteiger charge is -2.16. The van der Waals surface area contributed by atoms with Crippen molar-refractivity contribution in [1.82, 2.24) is 14.7 Å². The molecular weight excluding hydrogens is 306 g/mol. The van der Waals surface area contributed by atoms with E-state index in [2.05, 4.69) is 10.3 Å². The van der Waals surface area contributed by atoms with Crippen molar-refractivity contribution in [3.8, 4) is 0 Å². The van der Waals surface area contributed by atoms with Crippen LogP contribution in [0.3, 0.4) is 0 Å². The Morgan fingerprint density at radius 1 is 1.41 bits per heavy atom. The van der Waals surface area contributed by atoms with E-state index < -0.39 is 17.9 Å². The third-order valence-corrected chi connectivity index (χ3v) is 3.51. The second kappa shape index (κ2) is 6.36. The van der Waals surface area contributed by atoms with Crippen molar-refractivity contribution in [1.29, 1.82) is 0 Å². The molecule has 1 atom stereocenters. The van der Waals surface area contributed by atoms with Gasteiger partial charge in [-0.25, -0.2) is 9.78 Å². The largest absolute Gasteiger partial charge is 0.480 e. The molecule has 0 saturated heterocycles. The number of carboxylic acids is 1. The molecule has 0 aliphatic heterocycles. The summed E-state index contributed by atoms with van der Waals surface area (Å²) in [6, 6.07) is 2.45. The third-order valence-electron chi connectivity index (χ3n) is 3.28. The first-order valence-corrected chi connectivity index (χ1v) is 7.35. The lowest BCUT2D eigenvalue weighted by atomic mass is 10.0. The number of aryl methyl sites for hydroxylation is 1. The van der Waals surface area contributed by atoms with Crippen LogP contribution in [0.15, 0.2) is 18.3 Å². The van der Waals surface area contributed by atoms with Crippen LogP contribution in [0.4, 0.5) is 0 Å². The van der Waals surface area contributed by atoms with Gasteiger partial charge in [0.15, 0.2) is 0 Å². The first-order chi connectivity index (χ1) is 10.3. The molecule has 7 heteroatoms. The van der Waals surface area contributed by atoms with Crippen LogP contribution in [0, 0.1) is 12.8 Å². The number of pyridine rings is 1. The fourth-order valence-electron chi connectivity index (χ4n) is 2.33. The number of fused-ring (bicyclic) bond motifs is 1. The van der Waals surface area contributed by atoms with Gasteiger partial charge in [0.25, 0.3) is 5.91 Å². The lowest BCUT2D eigenvalue weighted by Crippen LogP contribution is -2.42. The maximum absolute atomic E-state index is 12.5. The summed E-state index contributed by atoms with van der Waals surface area (Å²) in [5, 5.41) is 12.3. The maximum Gasteiger partial charge on any atom is 0.326 e. The van der Waals surface area contributed by atoms with Gasteiger partial charge in [-0.15, -0.1) is 0 Å². The number of nitrogens with zero attached hydrogens (tertiary/aromatic N) is 2. The number of halogens is 1. The quantitative estimate of drug-likeness (QED) is 0.885. The molecule has 0 aromatic carbocycles. The zero-order chi connectivity index (χ0) is 16.4. The Morgan fingerprint density at radius 2 is 2.09 bits per heavy atom. The van der Waals surface area contributed by atoms with Crippen LogP contribution in [0.25, 0.3) is 5.65 Å². The average molecular weight is 324 g/mol. The number of hydrogen-bond donors (Lipinski definition) is 2. The van der Waals surface area contributed by atoms with Crippen LogP contribution >= 0.6 is 11.6 Å². The predicted octanol–water partition coefficient (Wildman–Crippen LogP) is 2.53. The van der Waals surface area contributed by atoms with E-state index in [0.29, 0.717) is 28.5 Å². The van der Waals surface area contributed by atoms with Crippen LogP contribution in [0.5, 0.6) is 0 Å². The highest BCUT2D eigenvalue weighted by atomic mass is 35.5. The van der Waals surface area contributed by atoms with Crippen LogP contribution in [0.1, 0.15) is 36.5 Å². The molecule has 0 aliphatic carbocycles. The zero-order valence-corrected chi connectivity index (χ0v) is 13.4. The van der Waals surface area contributed by atoms with Gasteiger partial charge in [-0.3, -0.25) is 9.20 Å². The minimum atomic E-state index is -1.05. The molecule has 6 nitrogen and oxygen atoms in total. The summed E-state index contributed by atoms with van der Waals surface area (Å²) in [5.41, 5.74) is 1.41. The van der Waals surface area contributed by atoms with Gasteiger partial charge < -0.3 is 10.4 Å². The minimum absolute atomic E-state index is 0.152. The molecule has 2 heterocycles. The summed E-state index contributed by atoms with van der Waals surface area (Å²) in [6.07, 6.45) is 1.95. The fraction of sp³-hybridized carbons (Fsp3) is 0.400. The molecule has 0 aliphatic rings. The number of aliphatic carboxylic acids is 1. The standard InChI is InChI=1S/C15H18ClN3O3/c1-8(2)6-11(15(21)22)18-14(20)13-9(3)17-12-5-4-10(16)7-19(12)13/h4-5,7-8,11H,6H2,1-3H3,(H,18,20)(H,21,22). The summed E-state index contributed by atoms with van der Waals surface area (Å²) in [4.78, 5) is 28.0. The monoisotopic (exact) mass is 323 g/mol. The average Bonchev–Trinajstić information content (AvgIpc) is 2.72. The van der Waals surface area contributed by atoms with E-state index in [9.17, 15) is 14.7 Å². The smallest absolute Gasteiger partial charge is 0.326 e. The molecule has 118 valence electrons. The van der Waals surface area contributed by atoms with E-state index in [1.807, 2.05) is 13.8 Å². The van der Waals surface area contributed by atoms with Crippen LogP contribution in [0.2, 0.25) is 5.02 Å². The van der Waals surface area contributed by atoms with Gasteiger partial charge in [-0.2, -0.15) is 0 Å². The Bertz CT molecular complexity index is 724. The Kier molecular flexibility index (Phi) is 4.71. The fourth-order valence-corrected chi connectivity index (χ4v) is 2.49. The van der Waals surface area contributed by atoms with Gasteiger partial charge in [0.05, 0.1) is 10.7 Å². The first-order valence-electron chi connectivity index (χ1n) is 6.97. The van der Waals surface area contributed by atoms with E-state index in [1.54, 1.807) is 29.7 Å². The van der Waals surface area contributed by atoms with Crippen LogP contribution in [-0.4, -0.2) is 32.4 Å². The summed E-state index contributed by atoms with van der Waals surface area (Å²) in [5.74, 6) is -1.37. The van der Waals surface area contributed by atoms with Crippen molar-refractivity contribution in [2.45, 2.75) is 33.2 Å². The molecular formula is C15H18ClN3O3. The number of imidazole rings is 1. The highest BCUT2D eigenvalue weighted by Gasteiger charge is 2.24. The van der Waals surface area contributed by atoms with Crippen molar-refractivity contribution in [3.63, 3.8) is 0 Å². The van der Waals surface area contributed by atoms with Crippen molar-refractivity contribution in [2.75, 3.05) is 0 Å². The maximum atomic E-state index is 12.5. The molecule has 0 bridgehead atoms. The molecule has 2 aromatic rings. The van der Waals surface area contributed by atoms with Crippen molar-refractivity contribution < 1.29 is 14.7 Å². The summed E-state index contributed by atoms with van der Waals surface area (Å²) in [7, 11) is 0. The first kappa shape index (κ1) is 16.3. The van der Waals surface area contributed by atoms with E-state index in [0.717, 1.165) is 0 Å². The number of carbonyl (C=O) groups excluding carboxylic acids is 1. The molecule has 0 saturated carbocycles.